The fourth-order valence-electron chi connectivity index (χ4n) is 2.40. The molecule has 1 heterocycles. The third kappa shape index (κ3) is 5.51. The summed E-state index contributed by atoms with van der Waals surface area (Å²) in [6.07, 6.45) is -0.314. The smallest absolute Gasteiger partial charge is 0.251 e. The van der Waals surface area contributed by atoms with Gasteiger partial charge in [0.1, 0.15) is 11.5 Å². The lowest BCUT2D eigenvalue weighted by molar-refractivity contribution is 0.0552. The van der Waals surface area contributed by atoms with Crippen LogP contribution in [-0.2, 0) is 0 Å². The number of alkyl halides is 2. The van der Waals surface area contributed by atoms with E-state index in [1.165, 1.54) is 0 Å². The number of hydrogen-bond donors (Lipinski definition) is 1. The molecule has 1 fully saturated rings. The Labute approximate surface area is 123 Å². The summed E-state index contributed by atoms with van der Waals surface area (Å²) >= 11 is 0. The normalized spacial score (nSPS) is 19.6. The zero-order valence-electron chi connectivity index (χ0n) is 11.2. The van der Waals surface area contributed by atoms with E-state index in [0.29, 0.717) is 24.8 Å². The van der Waals surface area contributed by atoms with Gasteiger partial charge in [-0.15, -0.1) is 12.4 Å². The van der Waals surface area contributed by atoms with Gasteiger partial charge in [0.25, 0.3) is 6.43 Å². The minimum absolute atomic E-state index is 0. The van der Waals surface area contributed by atoms with E-state index in [2.05, 4.69) is 0 Å². The van der Waals surface area contributed by atoms with E-state index in [-0.39, 0.29) is 24.7 Å². The second kappa shape index (κ2) is 8.27. The van der Waals surface area contributed by atoms with Crippen molar-refractivity contribution in [2.75, 3.05) is 26.2 Å². The van der Waals surface area contributed by atoms with Crippen LogP contribution in [0.15, 0.2) is 24.3 Å². The Balaban J connectivity index is 0.00000200. The average Bonchev–Trinajstić information content (AvgIpc) is 2.38. The number of phenols is 1. The van der Waals surface area contributed by atoms with Crippen LogP contribution in [-0.4, -0.2) is 42.7 Å². The van der Waals surface area contributed by atoms with Crippen LogP contribution in [0.5, 0.6) is 11.5 Å². The second-order valence-corrected chi connectivity index (χ2v) is 4.96. The summed E-state index contributed by atoms with van der Waals surface area (Å²) in [6.45, 7) is 1.81. The molecule has 0 spiro atoms. The number of rotatable bonds is 5. The summed E-state index contributed by atoms with van der Waals surface area (Å²) in [7, 11) is 0. The van der Waals surface area contributed by atoms with E-state index in [0.717, 1.165) is 19.4 Å². The Bertz CT molecular complexity index is 389. The molecule has 0 unspecified atom stereocenters. The SMILES string of the molecule is Cl.Oc1ccc(OC[C@H]2CCCN(CC(F)F)C2)cc1. The van der Waals surface area contributed by atoms with Crippen molar-refractivity contribution in [2.24, 2.45) is 5.92 Å². The molecule has 1 aromatic rings. The number of nitrogens with zero attached hydrogens (tertiary/aromatic N) is 1. The molecule has 0 aliphatic carbocycles. The van der Waals surface area contributed by atoms with Crippen LogP contribution in [0.2, 0.25) is 0 Å². The summed E-state index contributed by atoms with van der Waals surface area (Å²) in [5.74, 6) is 1.19. The number of likely N-dealkylation sites (tertiary alicyclic amines) is 1. The molecule has 20 heavy (non-hydrogen) atoms. The molecule has 1 aliphatic rings. The Morgan fingerprint density at radius 1 is 1.30 bits per heavy atom. The van der Waals surface area contributed by atoms with Gasteiger partial charge in [0.2, 0.25) is 0 Å². The van der Waals surface area contributed by atoms with E-state index in [9.17, 15) is 8.78 Å². The number of aromatic hydroxyl groups is 1. The maximum atomic E-state index is 12.3. The molecule has 0 amide bonds. The number of halogens is 3. The van der Waals surface area contributed by atoms with Gasteiger partial charge in [-0.2, -0.15) is 0 Å². The summed E-state index contributed by atoms with van der Waals surface area (Å²) in [5.41, 5.74) is 0. The van der Waals surface area contributed by atoms with Crippen LogP contribution in [0.3, 0.4) is 0 Å². The lowest BCUT2D eigenvalue weighted by atomic mass is 9.99. The highest BCUT2D eigenvalue weighted by molar-refractivity contribution is 5.85. The lowest BCUT2D eigenvalue weighted by Gasteiger charge is -2.32. The summed E-state index contributed by atoms with van der Waals surface area (Å²) in [4.78, 5) is 1.80. The molecular weight excluding hydrogens is 288 g/mol. The first-order valence-electron chi connectivity index (χ1n) is 6.56. The number of piperidine rings is 1. The Morgan fingerprint density at radius 2 is 2.00 bits per heavy atom. The molecule has 0 aromatic heterocycles. The molecule has 2 rings (SSSR count). The van der Waals surface area contributed by atoms with Crippen LogP contribution in [0.25, 0.3) is 0 Å². The van der Waals surface area contributed by atoms with Gasteiger partial charge < -0.3 is 9.84 Å². The van der Waals surface area contributed by atoms with Crippen LogP contribution < -0.4 is 4.74 Å². The first kappa shape index (κ1) is 17.0. The van der Waals surface area contributed by atoms with E-state index in [1.54, 1.807) is 29.2 Å². The van der Waals surface area contributed by atoms with Crippen molar-refractivity contribution >= 4 is 12.4 Å². The molecule has 1 saturated heterocycles. The third-order valence-electron chi connectivity index (χ3n) is 3.32. The molecule has 114 valence electrons. The molecule has 1 aromatic carbocycles. The van der Waals surface area contributed by atoms with Gasteiger partial charge >= 0.3 is 0 Å². The minimum Gasteiger partial charge on any atom is -0.508 e. The Kier molecular flexibility index (Phi) is 7.02. The predicted molar refractivity (Wildman–Crippen MR) is 76.0 cm³/mol. The third-order valence-corrected chi connectivity index (χ3v) is 3.32. The summed E-state index contributed by atoms with van der Waals surface area (Å²) in [6, 6.07) is 6.54. The predicted octanol–water partition coefficient (Wildman–Crippen LogP) is 3.17. The molecule has 0 radical (unpaired) electrons. The molecule has 1 N–H and O–H groups in total. The van der Waals surface area contributed by atoms with Crippen molar-refractivity contribution in [1.82, 2.24) is 4.90 Å². The second-order valence-electron chi connectivity index (χ2n) is 4.96. The summed E-state index contributed by atoms with van der Waals surface area (Å²) < 4.78 is 30.3. The molecule has 0 bridgehead atoms. The monoisotopic (exact) mass is 307 g/mol. The van der Waals surface area contributed by atoms with E-state index >= 15 is 0 Å². The molecule has 1 atom stereocenters. The van der Waals surface area contributed by atoms with E-state index in [1.807, 2.05) is 0 Å². The van der Waals surface area contributed by atoms with E-state index < -0.39 is 6.43 Å². The maximum absolute atomic E-state index is 12.3. The van der Waals surface area contributed by atoms with Crippen molar-refractivity contribution in [1.29, 1.82) is 0 Å². The largest absolute Gasteiger partial charge is 0.508 e. The van der Waals surface area contributed by atoms with Gasteiger partial charge in [-0.3, -0.25) is 4.90 Å². The van der Waals surface area contributed by atoms with Crippen molar-refractivity contribution in [3.63, 3.8) is 0 Å². The maximum Gasteiger partial charge on any atom is 0.251 e. The molecule has 6 heteroatoms. The fourth-order valence-corrected chi connectivity index (χ4v) is 2.40. The van der Waals surface area contributed by atoms with Gasteiger partial charge in [-0.25, -0.2) is 8.78 Å². The van der Waals surface area contributed by atoms with Crippen LogP contribution >= 0.6 is 12.4 Å². The first-order chi connectivity index (χ1) is 9.13. The average molecular weight is 308 g/mol. The number of benzene rings is 1. The van der Waals surface area contributed by atoms with Gasteiger partial charge in [-0.1, -0.05) is 0 Å². The molecule has 3 nitrogen and oxygen atoms in total. The van der Waals surface area contributed by atoms with Crippen molar-refractivity contribution in [3.8, 4) is 11.5 Å². The van der Waals surface area contributed by atoms with Crippen molar-refractivity contribution < 1.29 is 18.6 Å². The molecular formula is C14H20ClF2NO2. The van der Waals surface area contributed by atoms with Crippen molar-refractivity contribution in [3.05, 3.63) is 24.3 Å². The fraction of sp³-hybridized carbons (Fsp3) is 0.571. The van der Waals surface area contributed by atoms with Gasteiger partial charge in [-0.05, 0) is 43.7 Å². The van der Waals surface area contributed by atoms with Gasteiger partial charge in [0.05, 0.1) is 13.2 Å². The standard InChI is InChI=1S/C14H19F2NO2.ClH/c15-14(16)9-17-7-1-2-11(8-17)10-19-13-5-3-12(18)4-6-13;/h3-6,11,14,18H,1-2,7-10H2;1H/t11-;/m0./s1. The van der Waals surface area contributed by atoms with Crippen LogP contribution in [0.4, 0.5) is 8.78 Å². The Hall–Kier alpha value is -1.07. The number of ether oxygens (including phenoxy) is 1. The van der Waals surface area contributed by atoms with E-state index in [4.69, 9.17) is 9.84 Å². The lowest BCUT2D eigenvalue weighted by Crippen LogP contribution is -2.40. The van der Waals surface area contributed by atoms with Crippen LogP contribution in [0, 0.1) is 5.92 Å². The molecule has 1 aliphatic heterocycles. The van der Waals surface area contributed by atoms with Gasteiger partial charge in [0, 0.05) is 12.5 Å². The topological polar surface area (TPSA) is 32.7 Å². The zero-order valence-corrected chi connectivity index (χ0v) is 12.0. The van der Waals surface area contributed by atoms with Gasteiger partial charge in [0.15, 0.2) is 0 Å². The van der Waals surface area contributed by atoms with Crippen LogP contribution in [0.1, 0.15) is 12.8 Å². The minimum atomic E-state index is -2.27. The summed E-state index contributed by atoms with van der Waals surface area (Å²) in [5, 5.41) is 9.16. The highest BCUT2D eigenvalue weighted by Crippen LogP contribution is 2.20. The highest BCUT2D eigenvalue weighted by atomic mass is 35.5. The number of hydrogen-bond acceptors (Lipinski definition) is 3. The highest BCUT2D eigenvalue weighted by Gasteiger charge is 2.22. The molecule has 0 saturated carbocycles. The zero-order chi connectivity index (χ0) is 13.7. The van der Waals surface area contributed by atoms with Crippen molar-refractivity contribution in [2.45, 2.75) is 19.3 Å². The first-order valence-corrected chi connectivity index (χ1v) is 6.56. The quantitative estimate of drug-likeness (QED) is 0.907. The number of phenolic OH excluding ortho intramolecular Hbond substituents is 1. The Morgan fingerprint density at radius 3 is 2.65 bits per heavy atom.